The van der Waals surface area contributed by atoms with Gasteiger partial charge in [-0.05, 0) is 49.8 Å². The first-order valence-corrected chi connectivity index (χ1v) is 13.0. The van der Waals surface area contributed by atoms with Crippen LogP contribution in [0.5, 0.6) is 5.75 Å². The van der Waals surface area contributed by atoms with E-state index in [2.05, 4.69) is 10.3 Å². The summed E-state index contributed by atoms with van der Waals surface area (Å²) in [5.41, 5.74) is -2.05. The molecule has 214 valence electrons. The highest BCUT2D eigenvalue weighted by Gasteiger charge is 2.52. The normalized spacial score (nSPS) is 21.2. The first-order chi connectivity index (χ1) is 18.8. The maximum atomic E-state index is 13.6. The van der Waals surface area contributed by atoms with Crippen LogP contribution in [0, 0.1) is 18.2 Å². The minimum absolute atomic E-state index is 0.00798. The molecule has 3 aliphatic rings. The topological polar surface area (TPSA) is 148 Å². The minimum atomic E-state index is -1.05. The largest absolute Gasteiger partial charge is 0.501 e. The van der Waals surface area contributed by atoms with E-state index < -0.39 is 51.4 Å². The van der Waals surface area contributed by atoms with Gasteiger partial charge >= 0.3 is 5.97 Å². The molecule has 5 rings (SSSR count). The van der Waals surface area contributed by atoms with Crippen molar-refractivity contribution in [3.05, 3.63) is 57.0 Å². The second-order valence-electron chi connectivity index (χ2n) is 11.2. The molecule has 2 bridgehead atoms. The van der Waals surface area contributed by atoms with Crippen LogP contribution >= 0.6 is 0 Å². The summed E-state index contributed by atoms with van der Waals surface area (Å²) < 4.78 is 20.2. The third-order valence-electron chi connectivity index (χ3n) is 8.00. The molecule has 3 heterocycles. The van der Waals surface area contributed by atoms with E-state index in [9.17, 15) is 33.5 Å². The summed E-state index contributed by atoms with van der Waals surface area (Å²) in [6.45, 7) is 2.97. The quantitative estimate of drug-likeness (QED) is 0.369. The monoisotopic (exact) mass is 556 g/mol. The number of aromatic hydroxyl groups is 1. The Labute approximate surface area is 230 Å². The van der Waals surface area contributed by atoms with Crippen LogP contribution in [0.4, 0.5) is 4.39 Å². The van der Waals surface area contributed by atoms with Crippen molar-refractivity contribution in [2.45, 2.75) is 64.5 Å². The van der Waals surface area contributed by atoms with E-state index in [1.54, 1.807) is 13.0 Å². The van der Waals surface area contributed by atoms with Crippen LogP contribution in [0.1, 0.15) is 66.5 Å². The van der Waals surface area contributed by atoms with Crippen molar-refractivity contribution in [2.24, 2.45) is 5.41 Å². The Balaban J connectivity index is 1.75. The molecule has 1 saturated carbocycles. The maximum Gasteiger partial charge on any atom is 0.302 e. The minimum Gasteiger partial charge on any atom is -0.501 e. The summed E-state index contributed by atoms with van der Waals surface area (Å²) in [7, 11) is 2.94. The van der Waals surface area contributed by atoms with Crippen LogP contribution in [-0.4, -0.2) is 63.8 Å². The van der Waals surface area contributed by atoms with E-state index in [1.807, 2.05) is 0 Å². The van der Waals surface area contributed by atoms with Gasteiger partial charge in [0.15, 0.2) is 5.69 Å². The molecular weight excluding hydrogens is 523 g/mol. The highest BCUT2D eigenvalue weighted by Crippen LogP contribution is 2.52. The summed E-state index contributed by atoms with van der Waals surface area (Å²) >= 11 is 0. The van der Waals surface area contributed by atoms with Crippen LogP contribution in [-0.2, 0) is 37.6 Å². The molecule has 0 spiro atoms. The number of Topliss-reactive ketones (excluding diaryl/α,β-unsaturated/α-hetero) is 1. The highest BCUT2D eigenvalue weighted by molar-refractivity contribution is 6.36. The lowest BCUT2D eigenvalue weighted by Gasteiger charge is -2.41. The van der Waals surface area contributed by atoms with E-state index >= 15 is 0 Å². The number of benzene rings is 1. The Morgan fingerprint density at radius 2 is 1.85 bits per heavy atom. The van der Waals surface area contributed by atoms with Crippen LogP contribution in [0.25, 0.3) is 0 Å². The molecule has 0 unspecified atom stereocenters. The molecular formula is C28H33FN4O7. The average Bonchev–Trinajstić information content (AvgIpc) is 3.13. The predicted molar refractivity (Wildman–Crippen MR) is 140 cm³/mol. The molecule has 2 aromatic rings. The second-order valence-corrected chi connectivity index (χ2v) is 11.2. The second kappa shape index (κ2) is 10.8. The first kappa shape index (κ1) is 28.9. The molecule has 40 heavy (non-hydrogen) atoms. The SMILES string of the molecule is CC(=O)OCC12CCC(CC(=O)C(=O)N(C)C)(CC1)c1nc(C(=O)NCc3ccc(F)c(C)c3)c(O)c(=O)n1C2. The van der Waals surface area contributed by atoms with E-state index in [1.165, 1.54) is 42.6 Å². The Bertz CT molecular complexity index is 1440. The fourth-order valence-corrected chi connectivity index (χ4v) is 5.65. The first-order valence-electron chi connectivity index (χ1n) is 13.0. The van der Waals surface area contributed by atoms with E-state index in [4.69, 9.17) is 4.74 Å². The van der Waals surface area contributed by atoms with Gasteiger partial charge in [0.25, 0.3) is 17.4 Å². The number of carbonyl (C=O) groups excluding carboxylic acids is 4. The number of rotatable bonds is 8. The van der Waals surface area contributed by atoms with Crippen molar-refractivity contribution >= 4 is 23.6 Å². The maximum absolute atomic E-state index is 13.6. The number of aryl methyl sites for hydroxylation is 1. The summed E-state index contributed by atoms with van der Waals surface area (Å²) in [6.07, 6.45) is 1.42. The summed E-state index contributed by atoms with van der Waals surface area (Å²) in [5, 5.41) is 13.4. The molecule has 0 saturated heterocycles. The average molecular weight is 557 g/mol. The van der Waals surface area contributed by atoms with E-state index in [0.29, 0.717) is 36.8 Å². The zero-order chi connectivity index (χ0) is 29.4. The smallest absolute Gasteiger partial charge is 0.302 e. The van der Waals surface area contributed by atoms with Crippen molar-refractivity contribution in [3.63, 3.8) is 0 Å². The highest BCUT2D eigenvalue weighted by atomic mass is 19.1. The van der Waals surface area contributed by atoms with Gasteiger partial charge in [-0.3, -0.25) is 28.5 Å². The zero-order valence-electron chi connectivity index (χ0n) is 23.0. The van der Waals surface area contributed by atoms with Gasteiger partial charge in [0.1, 0.15) is 11.6 Å². The van der Waals surface area contributed by atoms with Gasteiger partial charge < -0.3 is 20.1 Å². The Morgan fingerprint density at radius 3 is 2.45 bits per heavy atom. The van der Waals surface area contributed by atoms with Crippen LogP contribution < -0.4 is 10.9 Å². The number of aromatic nitrogens is 2. The lowest BCUT2D eigenvalue weighted by Crippen LogP contribution is -2.42. The third kappa shape index (κ3) is 5.47. The standard InChI is InChI=1S/C28H33FN4O7/c1-16-11-18(5-6-19(16)29)13-30-23(37)21-22(36)25(39)33-14-27(15-40-17(2)34)7-9-28(10-8-27,26(33)31-21)12-20(35)24(38)32(3)4/h5-6,11,36H,7-10,12-15H2,1-4H3,(H,30,37). The summed E-state index contributed by atoms with van der Waals surface area (Å²) in [6, 6.07) is 4.35. The molecule has 2 amide bonds. The molecule has 12 heteroatoms. The van der Waals surface area contributed by atoms with E-state index in [0.717, 1.165) is 0 Å². The van der Waals surface area contributed by atoms with Gasteiger partial charge in [-0.1, -0.05) is 12.1 Å². The van der Waals surface area contributed by atoms with Crippen molar-refractivity contribution in [1.29, 1.82) is 0 Å². The van der Waals surface area contributed by atoms with Crippen LogP contribution in [0.15, 0.2) is 23.0 Å². The number of esters is 1. The van der Waals surface area contributed by atoms with Crippen molar-refractivity contribution in [2.75, 3.05) is 20.7 Å². The fourth-order valence-electron chi connectivity index (χ4n) is 5.65. The number of nitrogens with zero attached hydrogens (tertiary/aromatic N) is 3. The van der Waals surface area contributed by atoms with E-state index in [-0.39, 0.29) is 37.8 Å². The molecule has 1 fully saturated rings. The number of ether oxygens (including phenoxy) is 1. The Hall–Kier alpha value is -4.09. The molecule has 1 aromatic heterocycles. The lowest BCUT2D eigenvalue weighted by molar-refractivity contribution is -0.146. The number of likely N-dealkylation sites (N-methyl/N-ethyl adjacent to an activating group) is 1. The summed E-state index contributed by atoms with van der Waals surface area (Å²) in [4.78, 5) is 69.4. The third-order valence-corrected chi connectivity index (χ3v) is 8.00. The predicted octanol–water partition coefficient (Wildman–Crippen LogP) is 1.75. The van der Waals surface area contributed by atoms with Gasteiger partial charge in [0.2, 0.25) is 11.5 Å². The molecule has 0 atom stereocenters. The Kier molecular flexibility index (Phi) is 7.82. The van der Waals surface area contributed by atoms with Crippen molar-refractivity contribution in [1.82, 2.24) is 19.8 Å². The number of carbonyl (C=O) groups is 4. The number of ketones is 1. The van der Waals surface area contributed by atoms with Gasteiger partial charge in [-0.15, -0.1) is 0 Å². The number of halogens is 1. The van der Waals surface area contributed by atoms with Crippen LogP contribution in [0.2, 0.25) is 0 Å². The van der Waals surface area contributed by atoms with Gasteiger partial charge in [0.05, 0.1) is 6.61 Å². The van der Waals surface area contributed by atoms with Gasteiger partial charge in [-0.2, -0.15) is 0 Å². The number of hydrogen-bond donors (Lipinski definition) is 2. The van der Waals surface area contributed by atoms with Gasteiger partial charge in [0, 0.05) is 51.4 Å². The van der Waals surface area contributed by atoms with Gasteiger partial charge in [-0.25, -0.2) is 9.37 Å². The summed E-state index contributed by atoms with van der Waals surface area (Å²) in [5.74, 6) is -3.76. The van der Waals surface area contributed by atoms with Crippen molar-refractivity contribution in [3.8, 4) is 5.75 Å². The zero-order valence-corrected chi connectivity index (χ0v) is 23.0. The fraction of sp³-hybridized carbons (Fsp3) is 0.500. The lowest BCUT2D eigenvalue weighted by atomic mass is 9.63. The Morgan fingerprint density at radius 1 is 1.18 bits per heavy atom. The number of amides is 2. The number of fused-ring (bicyclic) bond motifs is 2. The number of hydrogen-bond acceptors (Lipinski definition) is 8. The van der Waals surface area contributed by atoms with Crippen molar-refractivity contribution < 1.29 is 33.4 Å². The van der Waals surface area contributed by atoms with Crippen LogP contribution in [0.3, 0.4) is 0 Å². The molecule has 0 radical (unpaired) electrons. The molecule has 2 aliphatic heterocycles. The molecule has 1 aliphatic carbocycles. The molecule has 2 N–H and O–H groups in total. The molecule has 11 nitrogen and oxygen atoms in total. The molecule has 1 aromatic carbocycles. The number of nitrogens with one attached hydrogen (secondary N) is 1.